The highest BCUT2D eigenvalue weighted by Gasteiger charge is 2.25. The first-order chi connectivity index (χ1) is 12.3. The molecule has 1 rings (SSSR count). The molecule has 0 saturated heterocycles. The van der Waals surface area contributed by atoms with Crippen LogP contribution in [0.1, 0.15) is 44.7 Å². The molecule has 2 N–H and O–H groups in total. The van der Waals surface area contributed by atoms with Crippen LogP contribution in [-0.2, 0) is 0 Å². The van der Waals surface area contributed by atoms with Crippen LogP contribution in [-0.4, -0.2) is 39.4 Å². The van der Waals surface area contributed by atoms with Crippen molar-refractivity contribution < 1.29 is 22.6 Å². The molecule has 0 saturated carbocycles. The number of hydrogen-bond acceptors (Lipinski definition) is 3. The topological polar surface area (TPSA) is 54.9 Å². The second-order valence-corrected chi connectivity index (χ2v) is 5.81. The van der Waals surface area contributed by atoms with Gasteiger partial charge in [-0.3, -0.25) is 4.99 Å². The fourth-order valence-electron chi connectivity index (χ4n) is 2.41. The third-order valence-electron chi connectivity index (χ3n) is 3.74. The van der Waals surface area contributed by atoms with Crippen molar-refractivity contribution in [1.29, 1.82) is 0 Å². The average molecular weight is 375 g/mol. The van der Waals surface area contributed by atoms with E-state index < -0.39 is 12.6 Å². The Morgan fingerprint density at radius 1 is 1.19 bits per heavy atom. The number of hydrogen-bond donors (Lipinski definition) is 2. The number of alkyl halides is 3. The van der Waals surface area contributed by atoms with E-state index >= 15 is 0 Å². The molecule has 0 bridgehead atoms. The van der Waals surface area contributed by atoms with Gasteiger partial charge < -0.3 is 20.1 Å². The van der Waals surface area contributed by atoms with Gasteiger partial charge in [0.1, 0.15) is 11.5 Å². The SMILES string of the molecule is CCNC(=NCCCCC(F)(F)F)NC(C)c1cc(OC)ccc1OC. The van der Waals surface area contributed by atoms with Gasteiger partial charge in [-0.15, -0.1) is 0 Å². The van der Waals surface area contributed by atoms with Gasteiger partial charge in [0.05, 0.1) is 20.3 Å². The molecule has 0 aliphatic carbocycles. The normalized spacial score (nSPS) is 13.3. The molecule has 0 aliphatic rings. The summed E-state index contributed by atoms with van der Waals surface area (Å²) >= 11 is 0. The summed E-state index contributed by atoms with van der Waals surface area (Å²) in [6, 6.07) is 5.39. The number of halogens is 3. The first kappa shape index (κ1) is 21.9. The zero-order valence-corrected chi connectivity index (χ0v) is 15.7. The fourth-order valence-corrected chi connectivity index (χ4v) is 2.41. The summed E-state index contributed by atoms with van der Waals surface area (Å²) in [7, 11) is 3.19. The number of benzene rings is 1. The molecule has 1 aromatic carbocycles. The summed E-state index contributed by atoms with van der Waals surface area (Å²) in [6.07, 6.45) is -4.42. The van der Waals surface area contributed by atoms with Gasteiger partial charge in [0, 0.05) is 25.1 Å². The predicted molar refractivity (Wildman–Crippen MR) is 97.0 cm³/mol. The molecule has 8 heteroatoms. The number of aliphatic imine (C=N–C) groups is 1. The van der Waals surface area contributed by atoms with Crippen LogP contribution in [0.2, 0.25) is 0 Å². The molecule has 26 heavy (non-hydrogen) atoms. The molecule has 0 fully saturated rings. The zero-order chi connectivity index (χ0) is 19.6. The van der Waals surface area contributed by atoms with Crippen molar-refractivity contribution in [3.63, 3.8) is 0 Å². The molecule has 5 nitrogen and oxygen atoms in total. The highest BCUT2D eigenvalue weighted by Crippen LogP contribution is 2.29. The smallest absolute Gasteiger partial charge is 0.389 e. The second kappa shape index (κ2) is 10.8. The number of nitrogens with one attached hydrogen (secondary N) is 2. The van der Waals surface area contributed by atoms with E-state index in [1.165, 1.54) is 0 Å². The zero-order valence-electron chi connectivity index (χ0n) is 15.7. The highest BCUT2D eigenvalue weighted by atomic mass is 19.4. The van der Waals surface area contributed by atoms with E-state index in [-0.39, 0.29) is 12.5 Å². The number of rotatable bonds is 9. The van der Waals surface area contributed by atoms with E-state index in [0.29, 0.717) is 37.0 Å². The van der Waals surface area contributed by atoms with Gasteiger partial charge in [0.25, 0.3) is 0 Å². The Morgan fingerprint density at radius 3 is 2.50 bits per heavy atom. The minimum absolute atomic E-state index is 0.0751. The summed E-state index contributed by atoms with van der Waals surface area (Å²) in [4.78, 5) is 4.35. The summed E-state index contributed by atoms with van der Waals surface area (Å²) in [6.45, 7) is 4.86. The van der Waals surface area contributed by atoms with E-state index in [1.54, 1.807) is 14.2 Å². The highest BCUT2D eigenvalue weighted by molar-refractivity contribution is 5.80. The van der Waals surface area contributed by atoms with Crippen LogP contribution in [0.25, 0.3) is 0 Å². The molecule has 1 aromatic rings. The van der Waals surface area contributed by atoms with Crippen LogP contribution < -0.4 is 20.1 Å². The summed E-state index contributed by atoms with van der Waals surface area (Å²) in [5, 5.41) is 6.35. The van der Waals surface area contributed by atoms with E-state index in [1.807, 2.05) is 32.0 Å². The maximum atomic E-state index is 12.2. The molecule has 0 aromatic heterocycles. The van der Waals surface area contributed by atoms with E-state index in [0.717, 1.165) is 5.56 Å². The Morgan fingerprint density at radius 2 is 1.92 bits per heavy atom. The molecule has 0 spiro atoms. The molecule has 0 radical (unpaired) electrons. The van der Waals surface area contributed by atoms with Gasteiger partial charge in [-0.2, -0.15) is 13.2 Å². The molecular weight excluding hydrogens is 347 g/mol. The van der Waals surface area contributed by atoms with Crippen molar-refractivity contribution >= 4 is 5.96 Å². The molecule has 0 aliphatic heterocycles. The van der Waals surface area contributed by atoms with Crippen LogP contribution in [0.4, 0.5) is 13.2 Å². The molecular formula is C18H28F3N3O2. The van der Waals surface area contributed by atoms with Gasteiger partial charge in [-0.25, -0.2) is 0 Å². The lowest BCUT2D eigenvalue weighted by Crippen LogP contribution is -2.39. The average Bonchev–Trinajstić information content (AvgIpc) is 2.59. The van der Waals surface area contributed by atoms with E-state index in [2.05, 4.69) is 15.6 Å². The summed E-state index contributed by atoms with van der Waals surface area (Å²) in [5.74, 6) is 1.98. The Bertz CT molecular complexity index is 577. The van der Waals surface area contributed by atoms with Gasteiger partial charge >= 0.3 is 6.18 Å². The Kier molecular flexibility index (Phi) is 9.09. The largest absolute Gasteiger partial charge is 0.497 e. The maximum absolute atomic E-state index is 12.2. The van der Waals surface area contributed by atoms with Crippen LogP contribution >= 0.6 is 0 Å². The molecule has 1 atom stereocenters. The number of unbranched alkanes of at least 4 members (excludes halogenated alkanes) is 1. The lowest BCUT2D eigenvalue weighted by molar-refractivity contribution is -0.135. The quantitative estimate of drug-likeness (QED) is 0.388. The third kappa shape index (κ3) is 7.84. The number of methoxy groups -OCH3 is 2. The van der Waals surface area contributed by atoms with Crippen LogP contribution in [0.5, 0.6) is 11.5 Å². The summed E-state index contributed by atoms with van der Waals surface area (Å²) in [5.41, 5.74) is 0.898. The van der Waals surface area contributed by atoms with Gasteiger partial charge in [-0.1, -0.05) is 0 Å². The lowest BCUT2D eigenvalue weighted by Gasteiger charge is -2.20. The Labute approximate surface area is 153 Å². The number of guanidine groups is 1. The molecule has 0 heterocycles. The lowest BCUT2D eigenvalue weighted by atomic mass is 10.1. The third-order valence-corrected chi connectivity index (χ3v) is 3.74. The van der Waals surface area contributed by atoms with Crippen LogP contribution in [0.3, 0.4) is 0 Å². The van der Waals surface area contributed by atoms with Crippen molar-refractivity contribution in [2.75, 3.05) is 27.3 Å². The Hall–Kier alpha value is -2.12. The van der Waals surface area contributed by atoms with Crippen LogP contribution in [0.15, 0.2) is 23.2 Å². The maximum Gasteiger partial charge on any atom is 0.389 e. The van der Waals surface area contributed by atoms with Crippen molar-refractivity contribution in [3.05, 3.63) is 23.8 Å². The standard InChI is InChI=1S/C18H28F3N3O2/c1-5-22-17(23-11-7-6-10-18(19,20)21)24-13(2)15-12-14(25-3)8-9-16(15)26-4/h8-9,12-13H,5-7,10-11H2,1-4H3,(H2,22,23,24). The van der Waals surface area contributed by atoms with E-state index in [4.69, 9.17) is 9.47 Å². The minimum atomic E-state index is -4.11. The number of nitrogens with zero attached hydrogens (tertiary/aromatic N) is 1. The van der Waals surface area contributed by atoms with Gasteiger partial charge in [0.2, 0.25) is 0 Å². The molecule has 148 valence electrons. The molecule has 0 amide bonds. The number of ether oxygens (including phenoxy) is 2. The molecule has 1 unspecified atom stereocenters. The van der Waals surface area contributed by atoms with Gasteiger partial charge in [0.15, 0.2) is 5.96 Å². The van der Waals surface area contributed by atoms with E-state index in [9.17, 15) is 13.2 Å². The summed E-state index contributed by atoms with van der Waals surface area (Å²) < 4.78 is 47.2. The first-order valence-electron chi connectivity index (χ1n) is 8.64. The van der Waals surface area contributed by atoms with Gasteiger partial charge in [-0.05, 0) is 44.9 Å². The fraction of sp³-hybridized carbons (Fsp3) is 0.611. The first-order valence-corrected chi connectivity index (χ1v) is 8.64. The monoisotopic (exact) mass is 375 g/mol. The van der Waals surface area contributed by atoms with Crippen molar-refractivity contribution in [2.45, 2.75) is 45.3 Å². The second-order valence-electron chi connectivity index (χ2n) is 5.81. The van der Waals surface area contributed by atoms with Crippen LogP contribution in [0, 0.1) is 0 Å². The van der Waals surface area contributed by atoms with Crippen molar-refractivity contribution in [2.24, 2.45) is 4.99 Å². The van der Waals surface area contributed by atoms with Crippen molar-refractivity contribution in [3.8, 4) is 11.5 Å². The van der Waals surface area contributed by atoms with Crippen molar-refractivity contribution in [1.82, 2.24) is 10.6 Å². The minimum Gasteiger partial charge on any atom is -0.497 e. The Balaban J connectivity index is 2.72. The predicted octanol–water partition coefficient (Wildman–Crippen LogP) is 4.05.